The van der Waals surface area contributed by atoms with E-state index in [2.05, 4.69) is 0 Å². The lowest BCUT2D eigenvalue weighted by Gasteiger charge is -2.12. The van der Waals surface area contributed by atoms with Crippen LogP contribution in [0.5, 0.6) is 0 Å². The highest BCUT2D eigenvalue weighted by molar-refractivity contribution is 6.31. The van der Waals surface area contributed by atoms with Crippen molar-refractivity contribution in [2.45, 2.75) is 12.5 Å². The minimum absolute atomic E-state index is 0.504. The molecule has 1 unspecified atom stereocenters. The normalized spacial score (nSPS) is 12.4. The zero-order valence-electron chi connectivity index (χ0n) is 9.31. The van der Waals surface area contributed by atoms with Gasteiger partial charge in [-0.3, -0.25) is 0 Å². The summed E-state index contributed by atoms with van der Waals surface area (Å²) in [5.41, 5.74) is 8.08. The second-order valence-electron chi connectivity index (χ2n) is 3.98. The van der Waals surface area contributed by atoms with Crippen molar-refractivity contribution in [2.24, 2.45) is 0 Å². The predicted octanol–water partition coefficient (Wildman–Crippen LogP) is 3.20. The van der Waals surface area contributed by atoms with E-state index in [-0.39, 0.29) is 0 Å². The zero-order valence-corrected chi connectivity index (χ0v) is 10.1. The van der Waals surface area contributed by atoms with Crippen LogP contribution in [0.4, 0.5) is 5.69 Å². The van der Waals surface area contributed by atoms with E-state index in [4.69, 9.17) is 17.3 Å². The van der Waals surface area contributed by atoms with Gasteiger partial charge in [-0.05, 0) is 29.3 Å². The number of nitrogen functional groups attached to an aromatic ring is 1. The van der Waals surface area contributed by atoms with Gasteiger partial charge in [-0.15, -0.1) is 0 Å². The first-order valence-electron chi connectivity index (χ1n) is 5.44. The summed E-state index contributed by atoms with van der Waals surface area (Å²) in [6, 6.07) is 14.8. The van der Waals surface area contributed by atoms with Gasteiger partial charge < -0.3 is 10.8 Å². The number of halogens is 1. The zero-order chi connectivity index (χ0) is 12.3. The molecule has 2 rings (SSSR count). The lowest BCUT2D eigenvalue weighted by atomic mass is 10.0. The number of benzene rings is 2. The molecule has 2 nitrogen and oxygen atoms in total. The summed E-state index contributed by atoms with van der Waals surface area (Å²) in [7, 11) is 0. The van der Waals surface area contributed by atoms with Gasteiger partial charge in [0.05, 0.1) is 6.10 Å². The molecular formula is C14H14ClNO. The topological polar surface area (TPSA) is 46.2 Å². The maximum Gasteiger partial charge on any atom is 0.0830 e. The molecule has 0 aliphatic carbocycles. The van der Waals surface area contributed by atoms with Gasteiger partial charge in [-0.2, -0.15) is 0 Å². The van der Waals surface area contributed by atoms with Crippen LogP contribution in [0.3, 0.4) is 0 Å². The molecule has 17 heavy (non-hydrogen) atoms. The van der Waals surface area contributed by atoms with E-state index in [9.17, 15) is 5.11 Å². The van der Waals surface area contributed by atoms with Crippen molar-refractivity contribution in [3.05, 3.63) is 64.7 Å². The summed E-state index contributed by atoms with van der Waals surface area (Å²) in [6.07, 6.45) is -0.0562. The van der Waals surface area contributed by atoms with E-state index >= 15 is 0 Å². The van der Waals surface area contributed by atoms with Gasteiger partial charge >= 0.3 is 0 Å². The Labute approximate surface area is 106 Å². The van der Waals surface area contributed by atoms with E-state index in [0.717, 1.165) is 11.1 Å². The van der Waals surface area contributed by atoms with E-state index < -0.39 is 6.10 Å². The fraction of sp³-hybridized carbons (Fsp3) is 0.143. The lowest BCUT2D eigenvalue weighted by molar-refractivity contribution is 0.178. The summed E-state index contributed by atoms with van der Waals surface area (Å²) in [6.45, 7) is 0. The highest BCUT2D eigenvalue weighted by Crippen LogP contribution is 2.23. The highest BCUT2D eigenvalue weighted by Gasteiger charge is 2.10. The summed E-state index contributed by atoms with van der Waals surface area (Å²) in [5, 5.41) is 10.8. The monoisotopic (exact) mass is 247 g/mol. The van der Waals surface area contributed by atoms with Crippen molar-refractivity contribution in [1.29, 1.82) is 0 Å². The summed E-state index contributed by atoms with van der Waals surface area (Å²) >= 11 is 6.05. The average Bonchev–Trinajstić information content (AvgIpc) is 2.33. The van der Waals surface area contributed by atoms with Gasteiger partial charge in [-0.1, -0.05) is 41.9 Å². The third kappa shape index (κ3) is 2.99. The Balaban J connectivity index is 2.14. The molecule has 3 heteroatoms. The van der Waals surface area contributed by atoms with Crippen LogP contribution in [0.1, 0.15) is 17.2 Å². The molecule has 0 saturated heterocycles. The fourth-order valence-electron chi connectivity index (χ4n) is 1.71. The molecule has 0 radical (unpaired) electrons. The van der Waals surface area contributed by atoms with Crippen molar-refractivity contribution < 1.29 is 5.11 Å². The molecular weight excluding hydrogens is 234 g/mol. The smallest absolute Gasteiger partial charge is 0.0830 e. The van der Waals surface area contributed by atoms with Crippen LogP contribution in [0, 0.1) is 0 Å². The van der Waals surface area contributed by atoms with Gasteiger partial charge in [0.15, 0.2) is 0 Å². The van der Waals surface area contributed by atoms with Crippen LogP contribution in [-0.2, 0) is 6.42 Å². The molecule has 0 bridgehead atoms. The molecule has 0 aliphatic rings. The van der Waals surface area contributed by atoms with Crippen LogP contribution in [0.25, 0.3) is 0 Å². The van der Waals surface area contributed by atoms with Crippen molar-refractivity contribution in [3.8, 4) is 0 Å². The molecule has 0 spiro atoms. The number of hydrogen-bond acceptors (Lipinski definition) is 2. The molecule has 2 aromatic rings. The maximum absolute atomic E-state index is 10.1. The van der Waals surface area contributed by atoms with E-state index in [1.165, 1.54) is 0 Å². The van der Waals surface area contributed by atoms with Gasteiger partial charge in [-0.25, -0.2) is 0 Å². The average molecular weight is 248 g/mol. The maximum atomic E-state index is 10.1. The Morgan fingerprint density at radius 2 is 1.71 bits per heavy atom. The third-order valence-corrected chi connectivity index (χ3v) is 3.06. The number of hydrogen-bond donors (Lipinski definition) is 2. The van der Waals surface area contributed by atoms with Gasteiger partial charge in [0.1, 0.15) is 0 Å². The Kier molecular flexibility index (Phi) is 3.67. The van der Waals surface area contributed by atoms with E-state index in [1.807, 2.05) is 36.4 Å². The van der Waals surface area contributed by atoms with Crippen molar-refractivity contribution >= 4 is 17.3 Å². The molecule has 0 aromatic heterocycles. The first kappa shape index (κ1) is 12.0. The minimum atomic E-state index is -0.560. The third-order valence-electron chi connectivity index (χ3n) is 2.69. The molecule has 88 valence electrons. The van der Waals surface area contributed by atoms with Crippen LogP contribution in [0.15, 0.2) is 48.5 Å². The Morgan fingerprint density at radius 3 is 2.35 bits per heavy atom. The number of aliphatic hydroxyl groups excluding tert-OH is 1. The van der Waals surface area contributed by atoms with Gasteiger partial charge in [0.25, 0.3) is 0 Å². The second-order valence-corrected chi connectivity index (χ2v) is 4.39. The molecule has 0 heterocycles. The van der Waals surface area contributed by atoms with Crippen LogP contribution in [0.2, 0.25) is 5.02 Å². The highest BCUT2D eigenvalue weighted by atomic mass is 35.5. The Morgan fingerprint density at radius 1 is 1.06 bits per heavy atom. The molecule has 3 N–H and O–H groups in total. The summed E-state index contributed by atoms with van der Waals surface area (Å²) in [5.74, 6) is 0. The Hall–Kier alpha value is -1.51. The Bertz CT molecular complexity index is 496. The summed E-state index contributed by atoms with van der Waals surface area (Å²) in [4.78, 5) is 0. The molecule has 1 atom stereocenters. The second kappa shape index (κ2) is 5.21. The van der Waals surface area contributed by atoms with Crippen molar-refractivity contribution in [3.63, 3.8) is 0 Å². The molecule has 0 aliphatic heterocycles. The standard InChI is InChI=1S/C14H14ClNO/c15-13-4-2-1-3-11(13)9-14(17)10-5-7-12(16)8-6-10/h1-8,14,17H,9,16H2. The fourth-order valence-corrected chi connectivity index (χ4v) is 1.92. The quantitative estimate of drug-likeness (QED) is 0.819. The number of rotatable bonds is 3. The van der Waals surface area contributed by atoms with Crippen LogP contribution >= 0.6 is 11.6 Å². The molecule has 0 fully saturated rings. The van der Waals surface area contributed by atoms with Crippen LogP contribution < -0.4 is 5.73 Å². The van der Waals surface area contributed by atoms with Crippen molar-refractivity contribution in [2.75, 3.05) is 5.73 Å². The molecule has 0 amide bonds. The molecule has 2 aromatic carbocycles. The van der Waals surface area contributed by atoms with Gasteiger partial charge in [0, 0.05) is 17.1 Å². The van der Waals surface area contributed by atoms with Crippen LogP contribution in [-0.4, -0.2) is 5.11 Å². The largest absolute Gasteiger partial charge is 0.399 e. The van der Waals surface area contributed by atoms with E-state index in [0.29, 0.717) is 17.1 Å². The number of anilines is 1. The van der Waals surface area contributed by atoms with Gasteiger partial charge in [0.2, 0.25) is 0 Å². The van der Waals surface area contributed by atoms with E-state index in [1.54, 1.807) is 12.1 Å². The first-order chi connectivity index (χ1) is 8.16. The lowest BCUT2D eigenvalue weighted by Crippen LogP contribution is -2.02. The van der Waals surface area contributed by atoms with Crippen molar-refractivity contribution in [1.82, 2.24) is 0 Å². The predicted molar refractivity (Wildman–Crippen MR) is 71.0 cm³/mol. The minimum Gasteiger partial charge on any atom is -0.399 e. The number of nitrogens with two attached hydrogens (primary N) is 1. The first-order valence-corrected chi connectivity index (χ1v) is 5.81. The molecule has 0 saturated carbocycles. The number of aliphatic hydroxyl groups is 1. The summed E-state index contributed by atoms with van der Waals surface area (Å²) < 4.78 is 0. The SMILES string of the molecule is Nc1ccc(C(O)Cc2ccccc2Cl)cc1.